The molecule has 1 aliphatic rings. The highest BCUT2D eigenvalue weighted by Crippen LogP contribution is 2.30. The Hall–Kier alpha value is -2.32. The summed E-state index contributed by atoms with van der Waals surface area (Å²) in [6.07, 6.45) is 4.40. The van der Waals surface area contributed by atoms with Crippen LogP contribution in [0.15, 0.2) is 55.1 Å². The monoisotopic (exact) mass is 334 g/mol. The zero-order chi connectivity index (χ0) is 16.5. The topological polar surface area (TPSA) is 16.1 Å². The van der Waals surface area contributed by atoms with Crippen LogP contribution < -0.4 is 4.90 Å². The van der Waals surface area contributed by atoms with E-state index in [2.05, 4.69) is 35.7 Å². The summed E-state index contributed by atoms with van der Waals surface area (Å²) in [7, 11) is 0. The van der Waals surface area contributed by atoms with Crippen LogP contribution in [0.5, 0.6) is 0 Å². The van der Waals surface area contributed by atoms with Crippen LogP contribution in [0.4, 0.5) is 5.69 Å². The molecule has 0 radical (unpaired) electrons. The highest BCUT2D eigenvalue weighted by atomic mass is 35.5. The Morgan fingerprint density at radius 3 is 2.46 bits per heavy atom. The van der Waals surface area contributed by atoms with E-state index < -0.39 is 0 Å². The maximum Gasteiger partial charge on any atom is 0.0730 e. The van der Waals surface area contributed by atoms with Gasteiger partial charge in [0.15, 0.2) is 0 Å². The number of rotatable bonds is 3. The number of anilines is 1. The lowest BCUT2D eigenvalue weighted by atomic mass is 10.1. The summed E-state index contributed by atoms with van der Waals surface area (Å²) >= 11 is 6.47. The van der Waals surface area contributed by atoms with E-state index in [1.807, 2.05) is 30.3 Å². The predicted octanol–water partition coefficient (Wildman–Crippen LogP) is 5.80. The van der Waals surface area contributed by atoms with E-state index in [0.29, 0.717) is 0 Å². The summed E-state index contributed by atoms with van der Waals surface area (Å²) in [6.45, 7) is 6.14. The smallest absolute Gasteiger partial charge is 0.0730 e. The van der Waals surface area contributed by atoms with Crippen molar-refractivity contribution in [3.63, 3.8) is 0 Å². The Labute approximate surface area is 147 Å². The van der Waals surface area contributed by atoms with Crippen molar-refractivity contribution < 1.29 is 0 Å². The number of halogens is 1. The molecule has 0 spiro atoms. The molecule has 0 N–H and O–H groups in total. The van der Waals surface area contributed by atoms with Crippen molar-refractivity contribution in [3.05, 3.63) is 65.7 Å². The number of pyridine rings is 1. The van der Waals surface area contributed by atoms with Gasteiger partial charge < -0.3 is 4.90 Å². The van der Waals surface area contributed by atoms with Crippen LogP contribution in [0.2, 0.25) is 5.02 Å². The number of hydrogen-bond acceptors (Lipinski definition) is 2. The van der Waals surface area contributed by atoms with E-state index in [9.17, 15) is 0 Å². The van der Waals surface area contributed by atoms with E-state index >= 15 is 0 Å². The second-order valence-corrected chi connectivity index (χ2v) is 6.62. The highest BCUT2D eigenvalue weighted by Gasteiger charge is 2.12. The molecule has 0 bridgehead atoms. The van der Waals surface area contributed by atoms with E-state index in [4.69, 9.17) is 16.6 Å². The minimum absolute atomic E-state index is 0.731. The Balaban J connectivity index is 1.73. The Bertz CT molecular complexity index is 894. The molecule has 2 aromatic carbocycles. The minimum Gasteiger partial charge on any atom is -0.372 e. The summed E-state index contributed by atoms with van der Waals surface area (Å²) in [5, 5.41) is 1.70. The zero-order valence-corrected chi connectivity index (χ0v) is 14.3. The van der Waals surface area contributed by atoms with Crippen molar-refractivity contribution in [2.45, 2.75) is 12.8 Å². The molecule has 120 valence electrons. The normalized spacial score (nSPS) is 14.3. The summed E-state index contributed by atoms with van der Waals surface area (Å²) in [4.78, 5) is 7.23. The van der Waals surface area contributed by atoms with Gasteiger partial charge in [-0.2, -0.15) is 0 Å². The fourth-order valence-electron chi connectivity index (χ4n) is 3.30. The molecule has 1 fully saturated rings. The van der Waals surface area contributed by atoms with Crippen molar-refractivity contribution in [2.75, 3.05) is 18.0 Å². The van der Waals surface area contributed by atoms with Crippen molar-refractivity contribution in [1.29, 1.82) is 0 Å². The van der Waals surface area contributed by atoms with Gasteiger partial charge in [-0.1, -0.05) is 48.5 Å². The Kier molecular flexibility index (Phi) is 3.99. The first-order valence-electron chi connectivity index (χ1n) is 8.33. The van der Waals surface area contributed by atoms with Gasteiger partial charge in [0.05, 0.1) is 16.2 Å². The molecular formula is C21H19ClN2. The van der Waals surface area contributed by atoms with Crippen LogP contribution in [0, 0.1) is 0 Å². The van der Waals surface area contributed by atoms with Gasteiger partial charge in [0, 0.05) is 29.7 Å². The fourth-order valence-corrected chi connectivity index (χ4v) is 3.56. The van der Waals surface area contributed by atoms with Crippen LogP contribution in [0.3, 0.4) is 0 Å². The van der Waals surface area contributed by atoms with Gasteiger partial charge in [-0.15, -0.1) is 0 Å². The number of aromatic nitrogens is 1. The molecule has 0 aliphatic carbocycles. The Morgan fingerprint density at radius 2 is 1.75 bits per heavy atom. The summed E-state index contributed by atoms with van der Waals surface area (Å²) in [5.41, 5.74) is 5.23. The molecule has 0 unspecified atom stereocenters. The van der Waals surface area contributed by atoms with E-state index in [1.165, 1.54) is 18.5 Å². The molecule has 4 rings (SSSR count). The average molecular weight is 335 g/mol. The van der Waals surface area contributed by atoms with E-state index in [-0.39, 0.29) is 0 Å². The molecule has 3 aromatic rings. The van der Waals surface area contributed by atoms with Crippen LogP contribution in [0.1, 0.15) is 18.4 Å². The highest BCUT2D eigenvalue weighted by molar-refractivity contribution is 6.35. The largest absolute Gasteiger partial charge is 0.372 e. The Morgan fingerprint density at radius 1 is 1.00 bits per heavy atom. The van der Waals surface area contributed by atoms with Gasteiger partial charge in [0.25, 0.3) is 0 Å². The molecule has 3 heteroatoms. The van der Waals surface area contributed by atoms with Gasteiger partial charge in [0.2, 0.25) is 0 Å². The fraction of sp³-hybridized carbons (Fsp3) is 0.190. The first kappa shape index (κ1) is 15.2. The van der Waals surface area contributed by atoms with Gasteiger partial charge in [-0.25, -0.2) is 4.98 Å². The predicted molar refractivity (Wildman–Crippen MR) is 104 cm³/mol. The van der Waals surface area contributed by atoms with Crippen LogP contribution in [-0.4, -0.2) is 18.1 Å². The standard InChI is InChI=1S/C21H19ClN2/c1-2-15-5-10-18-19(22)14-20(23-21(18)13-15)16-6-8-17(9-7-16)24-11-3-4-12-24/h2,5-10,13-14H,1,3-4,11-12H2. The van der Waals surface area contributed by atoms with Gasteiger partial charge in [0.1, 0.15) is 0 Å². The second kappa shape index (κ2) is 6.29. The maximum absolute atomic E-state index is 6.47. The number of fused-ring (bicyclic) bond motifs is 1. The molecule has 2 nitrogen and oxygen atoms in total. The molecule has 24 heavy (non-hydrogen) atoms. The number of hydrogen-bond donors (Lipinski definition) is 0. The summed E-state index contributed by atoms with van der Waals surface area (Å²) in [5.74, 6) is 0. The SMILES string of the molecule is C=Cc1ccc2c(Cl)cc(-c3ccc(N4CCCC4)cc3)nc2c1. The quantitative estimate of drug-likeness (QED) is 0.602. The lowest BCUT2D eigenvalue weighted by Crippen LogP contribution is -2.17. The van der Waals surface area contributed by atoms with Crippen molar-refractivity contribution in [3.8, 4) is 11.3 Å². The van der Waals surface area contributed by atoms with Crippen molar-refractivity contribution in [1.82, 2.24) is 4.98 Å². The first-order chi connectivity index (χ1) is 11.7. The molecular weight excluding hydrogens is 316 g/mol. The molecule has 0 atom stereocenters. The van der Waals surface area contributed by atoms with Crippen molar-refractivity contribution >= 4 is 34.3 Å². The lowest BCUT2D eigenvalue weighted by Gasteiger charge is -2.17. The minimum atomic E-state index is 0.731. The summed E-state index contributed by atoms with van der Waals surface area (Å²) in [6, 6.07) is 16.6. The lowest BCUT2D eigenvalue weighted by molar-refractivity contribution is 0.949. The molecule has 0 amide bonds. The third-order valence-corrected chi connectivity index (χ3v) is 4.97. The molecule has 1 aromatic heterocycles. The third kappa shape index (κ3) is 2.78. The first-order valence-corrected chi connectivity index (χ1v) is 8.70. The molecule has 2 heterocycles. The van der Waals surface area contributed by atoms with Gasteiger partial charge in [-0.05, 0) is 42.7 Å². The van der Waals surface area contributed by atoms with Crippen LogP contribution in [0.25, 0.3) is 28.2 Å². The number of nitrogens with zero attached hydrogens (tertiary/aromatic N) is 2. The maximum atomic E-state index is 6.47. The van der Waals surface area contributed by atoms with Crippen LogP contribution in [-0.2, 0) is 0 Å². The van der Waals surface area contributed by atoms with Crippen LogP contribution >= 0.6 is 11.6 Å². The molecule has 1 aliphatic heterocycles. The summed E-state index contributed by atoms with van der Waals surface area (Å²) < 4.78 is 0. The van der Waals surface area contributed by atoms with E-state index in [1.54, 1.807) is 0 Å². The third-order valence-electron chi connectivity index (χ3n) is 4.65. The van der Waals surface area contributed by atoms with Gasteiger partial charge >= 0.3 is 0 Å². The molecule has 0 saturated carbocycles. The average Bonchev–Trinajstić information content (AvgIpc) is 3.16. The molecule has 1 saturated heterocycles. The number of benzene rings is 2. The zero-order valence-electron chi connectivity index (χ0n) is 13.5. The second-order valence-electron chi connectivity index (χ2n) is 6.21. The van der Waals surface area contributed by atoms with E-state index in [0.717, 1.165) is 45.8 Å². The van der Waals surface area contributed by atoms with Crippen molar-refractivity contribution in [2.24, 2.45) is 0 Å². The van der Waals surface area contributed by atoms with Gasteiger partial charge in [-0.3, -0.25) is 0 Å².